The second kappa shape index (κ2) is 6.28. The van der Waals surface area contributed by atoms with Crippen LogP contribution in [-0.4, -0.2) is 12.6 Å². The highest BCUT2D eigenvalue weighted by atomic mass is 19.1. The minimum absolute atomic E-state index is 0.234. The zero-order valence-electron chi connectivity index (χ0n) is 10.9. The second-order valence-corrected chi connectivity index (χ2v) is 5.19. The topological polar surface area (TPSA) is 12.0 Å². The van der Waals surface area contributed by atoms with Crippen molar-refractivity contribution in [2.24, 2.45) is 5.92 Å². The quantitative estimate of drug-likeness (QED) is 0.863. The van der Waals surface area contributed by atoms with Crippen molar-refractivity contribution in [3.8, 4) is 0 Å². The fourth-order valence-corrected chi connectivity index (χ4v) is 2.78. The summed E-state index contributed by atoms with van der Waals surface area (Å²) in [7, 11) is 0. The van der Waals surface area contributed by atoms with Crippen LogP contribution in [-0.2, 0) is 6.42 Å². The molecule has 0 aliphatic carbocycles. The van der Waals surface area contributed by atoms with E-state index >= 15 is 0 Å². The molecule has 1 nitrogen and oxygen atoms in total. The van der Waals surface area contributed by atoms with Crippen LogP contribution in [0.5, 0.6) is 0 Å². The smallest absolute Gasteiger partial charge is 0.129 e. The Morgan fingerprint density at radius 3 is 2.67 bits per heavy atom. The summed E-state index contributed by atoms with van der Waals surface area (Å²) in [6, 6.07) is 4.49. The van der Waals surface area contributed by atoms with E-state index in [0.29, 0.717) is 12.5 Å². The summed E-state index contributed by atoms with van der Waals surface area (Å²) in [6.07, 6.45) is 4.85. The van der Waals surface area contributed by atoms with E-state index in [-0.39, 0.29) is 5.56 Å². The summed E-state index contributed by atoms with van der Waals surface area (Å²) in [5.74, 6) is -0.0718. The first kappa shape index (κ1) is 13.5. The molecule has 1 saturated heterocycles. The van der Waals surface area contributed by atoms with Crippen molar-refractivity contribution in [2.75, 3.05) is 6.54 Å². The summed E-state index contributed by atoms with van der Waals surface area (Å²) in [4.78, 5) is 0. The SMILES string of the molecule is CCC1CCNC(CCc2c(F)cccc2F)C1. The lowest BCUT2D eigenvalue weighted by Gasteiger charge is -2.29. The van der Waals surface area contributed by atoms with Crippen LogP contribution in [0.2, 0.25) is 0 Å². The van der Waals surface area contributed by atoms with Crippen molar-refractivity contribution in [2.45, 2.75) is 45.1 Å². The average molecular weight is 253 g/mol. The molecule has 18 heavy (non-hydrogen) atoms. The molecule has 0 bridgehead atoms. The minimum Gasteiger partial charge on any atom is -0.314 e. The summed E-state index contributed by atoms with van der Waals surface area (Å²) < 4.78 is 27.0. The molecule has 0 saturated carbocycles. The number of rotatable bonds is 4. The Labute approximate surface area is 108 Å². The van der Waals surface area contributed by atoms with Gasteiger partial charge in [0.1, 0.15) is 11.6 Å². The van der Waals surface area contributed by atoms with E-state index in [1.807, 2.05) is 0 Å². The van der Waals surface area contributed by atoms with E-state index in [2.05, 4.69) is 12.2 Å². The monoisotopic (exact) mass is 253 g/mol. The van der Waals surface area contributed by atoms with Gasteiger partial charge in [-0.25, -0.2) is 8.78 Å². The standard InChI is InChI=1S/C15H21F2N/c1-2-11-8-9-18-12(10-11)6-7-13-14(16)4-3-5-15(13)17/h3-5,11-12,18H,2,6-10H2,1H3. The molecule has 1 N–H and O–H groups in total. The van der Waals surface area contributed by atoms with Crippen molar-refractivity contribution in [3.05, 3.63) is 35.4 Å². The summed E-state index contributed by atoms with van der Waals surface area (Å²) >= 11 is 0. The number of piperidine rings is 1. The number of benzene rings is 1. The molecular weight excluding hydrogens is 232 g/mol. The van der Waals surface area contributed by atoms with Crippen LogP contribution in [0.3, 0.4) is 0 Å². The molecule has 2 unspecified atom stereocenters. The zero-order chi connectivity index (χ0) is 13.0. The highest BCUT2D eigenvalue weighted by Gasteiger charge is 2.20. The van der Waals surface area contributed by atoms with Gasteiger partial charge in [0.2, 0.25) is 0 Å². The van der Waals surface area contributed by atoms with Gasteiger partial charge in [0.05, 0.1) is 0 Å². The Balaban J connectivity index is 1.91. The van der Waals surface area contributed by atoms with Crippen molar-refractivity contribution in [1.29, 1.82) is 0 Å². The molecule has 0 spiro atoms. The molecule has 1 fully saturated rings. The molecule has 1 aliphatic heterocycles. The van der Waals surface area contributed by atoms with Crippen LogP contribution in [0.4, 0.5) is 8.78 Å². The Morgan fingerprint density at radius 2 is 2.00 bits per heavy atom. The fraction of sp³-hybridized carbons (Fsp3) is 0.600. The molecule has 3 heteroatoms. The predicted octanol–water partition coefficient (Wildman–Crippen LogP) is 3.68. The Morgan fingerprint density at radius 1 is 1.28 bits per heavy atom. The van der Waals surface area contributed by atoms with Gasteiger partial charge in [0.15, 0.2) is 0 Å². The van der Waals surface area contributed by atoms with Gasteiger partial charge in [0, 0.05) is 11.6 Å². The molecule has 1 heterocycles. The lowest BCUT2D eigenvalue weighted by atomic mass is 9.88. The average Bonchev–Trinajstić information content (AvgIpc) is 2.38. The highest BCUT2D eigenvalue weighted by Crippen LogP contribution is 2.23. The summed E-state index contributed by atoms with van der Waals surface area (Å²) in [5.41, 5.74) is 0.234. The highest BCUT2D eigenvalue weighted by molar-refractivity contribution is 5.19. The van der Waals surface area contributed by atoms with E-state index in [1.165, 1.54) is 31.0 Å². The Hall–Kier alpha value is -0.960. The largest absolute Gasteiger partial charge is 0.314 e. The van der Waals surface area contributed by atoms with Crippen LogP contribution in [0.1, 0.15) is 38.2 Å². The molecular formula is C15H21F2N. The Kier molecular flexibility index (Phi) is 4.70. The molecule has 2 rings (SSSR count). The summed E-state index contributed by atoms with van der Waals surface area (Å²) in [5, 5.41) is 3.45. The van der Waals surface area contributed by atoms with Gasteiger partial charge in [0.25, 0.3) is 0 Å². The molecule has 2 atom stereocenters. The maximum atomic E-state index is 13.5. The third-order valence-electron chi connectivity index (χ3n) is 3.99. The van der Waals surface area contributed by atoms with Crippen molar-refractivity contribution in [3.63, 3.8) is 0 Å². The maximum Gasteiger partial charge on any atom is 0.129 e. The van der Waals surface area contributed by atoms with Crippen molar-refractivity contribution < 1.29 is 8.78 Å². The number of hydrogen-bond donors (Lipinski definition) is 1. The lowest BCUT2D eigenvalue weighted by Crippen LogP contribution is -2.38. The molecule has 0 amide bonds. The maximum absolute atomic E-state index is 13.5. The van der Waals surface area contributed by atoms with E-state index in [0.717, 1.165) is 25.3 Å². The molecule has 1 aromatic carbocycles. The first-order chi connectivity index (χ1) is 8.70. The third kappa shape index (κ3) is 3.29. The Bertz CT molecular complexity index is 372. The molecule has 1 aliphatic rings. The van der Waals surface area contributed by atoms with Crippen molar-refractivity contribution in [1.82, 2.24) is 5.32 Å². The van der Waals surface area contributed by atoms with Gasteiger partial charge >= 0.3 is 0 Å². The number of halogens is 2. The van der Waals surface area contributed by atoms with E-state index in [4.69, 9.17) is 0 Å². The van der Waals surface area contributed by atoms with E-state index < -0.39 is 11.6 Å². The van der Waals surface area contributed by atoms with Gasteiger partial charge in [-0.05, 0) is 50.3 Å². The van der Waals surface area contributed by atoms with Crippen molar-refractivity contribution >= 4 is 0 Å². The zero-order valence-corrected chi connectivity index (χ0v) is 10.9. The normalized spacial score (nSPS) is 24.2. The number of nitrogens with one attached hydrogen (secondary N) is 1. The first-order valence-corrected chi connectivity index (χ1v) is 6.87. The minimum atomic E-state index is -0.419. The van der Waals surface area contributed by atoms with Crippen LogP contribution >= 0.6 is 0 Å². The van der Waals surface area contributed by atoms with Gasteiger partial charge in [-0.15, -0.1) is 0 Å². The number of hydrogen-bond acceptors (Lipinski definition) is 1. The molecule has 0 radical (unpaired) electrons. The summed E-state index contributed by atoms with van der Waals surface area (Å²) in [6.45, 7) is 3.24. The van der Waals surface area contributed by atoms with E-state index in [9.17, 15) is 8.78 Å². The van der Waals surface area contributed by atoms with Gasteiger partial charge < -0.3 is 5.32 Å². The molecule has 0 aromatic heterocycles. The van der Waals surface area contributed by atoms with Crippen LogP contribution in [0.25, 0.3) is 0 Å². The second-order valence-electron chi connectivity index (χ2n) is 5.19. The van der Waals surface area contributed by atoms with Gasteiger partial charge in [-0.2, -0.15) is 0 Å². The van der Waals surface area contributed by atoms with Crippen LogP contribution < -0.4 is 5.32 Å². The van der Waals surface area contributed by atoms with Crippen LogP contribution in [0.15, 0.2) is 18.2 Å². The van der Waals surface area contributed by atoms with Gasteiger partial charge in [-0.1, -0.05) is 19.4 Å². The first-order valence-electron chi connectivity index (χ1n) is 6.87. The van der Waals surface area contributed by atoms with Gasteiger partial charge in [-0.3, -0.25) is 0 Å². The third-order valence-corrected chi connectivity index (χ3v) is 3.99. The van der Waals surface area contributed by atoms with Crippen LogP contribution in [0, 0.1) is 17.6 Å². The molecule has 1 aromatic rings. The fourth-order valence-electron chi connectivity index (χ4n) is 2.78. The lowest BCUT2D eigenvalue weighted by molar-refractivity contribution is 0.284. The molecule has 100 valence electrons. The predicted molar refractivity (Wildman–Crippen MR) is 69.5 cm³/mol. The van der Waals surface area contributed by atoms with E-state index in [1.54, 1.807) is 0 Å².